The standard InChI is InChI=1S/C14H17N3OS.C7H13NO2.C3H9N/c1-9-13(17-14(19-9)16-10(2)18)8-5-11-3-6-12(15)7-4-11;9-6-4-2-1-3-5-8-7-10;1-3(2)4/h3-4,6-7H,5,8,15H2,1-2H3,(H,16,17,18);6-7H,1-5H2,(H,8,10);3H,4H2,1-2H3. The summed E-state index contributed by atoms with van der Waals surface area (Å²) in [5.74, 6) is -0.0844. The highest BCUT2D eigenvalue weighted by Crippen LogP contribution is 2.23. The minimum absolute atomic E-state index is 0.0844. The Morgan fingerprint density at radius 1 is 1.12 bits per heavy atom. The van der Waals surface area contributed by atoms with Crippen molar-refractivity contribution < 1.29 is 14.4 Å². The van der Waals surface area contributed by atoms with Gasteiger partial charge in [0.2, 0.25) is 12.3 Å². The fourth-order valence-electron chi connectivity index (χ4n) is 2.50. The zero-order chi connectivity index (χ0) is 25.1. The summed E-state index contributed by atoms with van der Waals surface area (Å²) in [6, 6.07) is 8.22. The number of hydrogen-bond acceptors (Lipinski definition) is 7. The molecule has 0 fully saturated rings. The lowest BCUT2D eigenvalue weighted by Gasteiger charge is -2.01. The molecule has 0 unspecified atom stereocenters. The zero-order valence-corrected chi connectivity index (χ0v) is 21.0. The van der Waals surface area contributed by atoms with E-state index in [0.29, 0.717) is 24.0 Å². The van der Waals surface area contributed by atoms with Crippen LogP contribution in [0.25, 0.3) is 0 Å². The number of carbonyl (C=O) groups is 3. The first-order valence-corrected chi connectivity index (χ1v) is 12.0. The summed E-state index contributed by atoms with van der Waals surface area (Å²) in [5.41, 5.74) is 13.8. The van der Waals surface area contributed by atoms with Gasteiger partial charge in [0.15, 0.2) is 5.13 Å². The Bertz CT molecular complexity index is 792. The van der Waals surface area contributed by atoms with Gasteiger partial charge in [-0.3, -0.25) is 9.59 Å². The van der Waals surface area contributed by atoms with E-state index in [9.17, 15) is 14.4 Å². The van der Waals surface area contributed by atoms with E-state index in [1.165, 1.54) is 23.8 Å². The summed E-state index contributed by atoms with van der Waals surface area (Å²) in [6.45, 7) is 8.13. The van der Waals surface area contributed by atoms with Crippen LogP contribution in [0.1, 0.15) is 62.6 Å². The second kappa shape index (κ2) is 18.8. The smallest absolute Gasteiger partial charge is 0.223 e. The van der Waals surface area contributed by atoms with Crippen molar-refractivity contribution in [1.29, 1.82) is 0 Å². The molecule has 1 heterocycles. The monoisotopic (exact) mass is 477 g/mol. The molecular weight excluding hydrogens is 438 g/mol. The van der Waals surface area contributed by atoms with E-state index in [2.05, 4.69) is 15.6 Å². The van der Waals surface area contributed by atoms with Gasteiger partial charge in [0, 0.05) is 30.5 Å². The summed E-state index contributed by atoms with van der Waals surface area (Å²) >= 11 is 1.52. The Balaban J connectivity index is 0.000000615. The molecule has 0 aliphatic heterocycles. The van der Waals surface area contributed by atoms with Gasteiger partial charge in [-0.15, -0.1) is 11.3 Å². The molecule has 0 radical (unpaired) electrons. The molecule has 0 aliphatic carbocycles. The molecule has 184 valence electrons. The fraction of sp³-hybridized carbons (Fsp3) is 0.500. The zero-order valence-electron chi connectivity index (χ0n) is 20.2. The summed E-state index contributed by atoms with van der Waals surface area (Å²) < 4.78 is 0. The van der Waals surface area contributed by atoms with Crippen molar-refractivity contribution in [2.75, 3.05) is 17.6 Å². The lowest BCUT2D eigenvalue weighted by molar-refractivity contribution is -0.114. The SMILES string of the molecule is CC(=O)Nc1nc(CCc2ccc(N)cc2)c(C)s1.CC(C)N.O=CCCCCCNC=O. The van der Waals surface area contributed by atoms with Gasteiger partial charge in [-0.25, -0.2) is 4.98 Å². The van der Waals surface area contributed by atoms with Crippen LogP contribution in [0.2, 0.25) is 0 Å². The Morgan fingerprint density at radius 3 is 2.30 bits per heavy atom. The third-order valence-electron chi connectivity index (χ3n) is 4.03. The van der Waals surface area contributed by atoms with Crippen molar-refractivity contribution >= 4 is 40.8 Å². The molecule has 0 saturated heterocycles. The van der Waals surface area contributed by atoms with Gasteiger partial charge in [-0.2, -0.15) is 0 Å². The van der Waals surface area contributed by atoms with E-state index < -0.39 is 0 Å². The molecular formula is C24H39N5O3S. The van der Waals surface area contributed by atoms with E-state index in [0.717, 1.165) is 61.2 Å². The van der Waals surface area contributed by atoms with Gasteiger partial charge < -0.3 is 26.9 Å². The number of nitrogens with two attached hydrogens (primary N) is 2. The van der Waals surface area contributed by atoms with E-state index >= 15 is 0 Å². The number of aryl methyl sites for hydroxylation is 3. The Kier molecular flexibility index (Phi) is 17.2. The number of amides is 2. The van der Waals surface area contributed by atoms with E-state index in [4.69, 9.17) is 11.5 Å². The van der Waals surface area contributed by atoms with Crippen molar-refractivity contribution in [3.8, 4) is 0 Å². The van der Waals surface area contributed by atoms with Crippen LogP contribution in [0.5, 0.6) is 0 Å². The molecule has 0 aliphatic rings. The number of nitrogen functional groups attached to an aromatic ring is 1. The van der Waals surface area contributed by atoms with Crippen LogP contribution in [-0.4, -0.2) is 36.2 Å². The predicted molar refractivity (Wildman–Crippen MR) is 137 cm³/mol. The molecule has 0 spiro atoms. The summed E-state index contributed by atoms with van der Waals surface area (Å²) in [7, 11) is 0. The number of unbranched alkanes of at least 4 members (excludes halogenated alkanes) is 3. The molecule has 0 saturated carbocycles. The van der Waals surface area contributed by atoms with Crippen molar-refractivity contribution in [2.24, 2.45) is 5.73 Å². The molecule has 1 aromatic carbocycles. The molecule has 0 atom stereocenters. The topological polar surface area (TPSA) is 140 Å². The van der Waals surface area contributed by atoms with Crippen LogP contribution >= 0.6 is 11.3 Å². The largest absolute Gasteiger partial charge is 0.399 e. The van der Waals surface area contributed by atoms with Crippen LogP contribution in [0.3, 0.4) is 0 Å². The number of carbonyl (C=O) groups excluding carboxylic acids is 3. The summed E-state index contributed by atoms with van der Waals surface area (Å²) in [6.07, 6.45) is 6.96. The third kappa shape index (κ3) is 17.5. The molecule has 0 bridgehead atoms. The second-order valence-electron chi connectivity index (χ2n) is 7.78. The lowest BCUT2D eigenvalue weighted by Crippen LogP contribution is -2.11. The first-order chi connectivity index (χ1) is 15.7. The molecule has 6 N–H and O–H groups in total. The van der Waals surface area contributed by atoms with Gasteiger partial charge in [0.05, 0.1) is 5.69 Å². The first-order valence-electron chi connectivity index (χ1n) is 11.1. The molecule has 8 nitrogen and oxygen atoms in total. The van der Waals surface area contributed by atoms with Crippen LogP contribution < -0.4 is 22.1 Å². The predicted octanol–water partition coefficient (Wildman–Crippen LogP) is 3.62. The fourth-order valence-corrected chi connectivity index (χ4v) is 3.41. The Hall–Kier alpha value is -2.78. The average molecular weight is 478 g/mol. The number of nitrogens with zero attached hydrogens (tertiary/aromatic N) is 1. The molecule has 2 amide bonds. The highest BCUT2D eigenvalue weighted by molar-refractivity contribution is 7.15. The minimum atomic E-state index is -0.0844. The van der Waals surface area contributed by atoms with Gasteiger partial charge in [0.25, 0.3) is 0 Å². The van der Waals surface area contributed by atoms with E-state index in [-0.39, 0.29) is 5.91 Å². The molecule has 9 heteroatoms. The molecule has 33 heavy (non-hydrogen) atoms. The quantitative estimate of drug-likeness (QED) is 0.221. The summed E-state index contributed by atoms with van der Waals surface area (Å²) in [5, 5.41) is 5.96. The number of hydrogen-bond donors (Lipinski definition) is 4. The highest BCUT2D eigenvalue weighted by Gasteiger charge is 2.08. The highest BCUT2D eigenvalue weighted by atomic mass is 32.1. The van der Waals surface area contributed by atoms with Crippen LogP contribution in [0, 0.1) is 6.92 Å². The molecule has 2 aromatic rings. The maximum absolute atomic E-state index is 11.0. The van der Waals surface area contributed by atoms with Gasteiger partial charge in [0.1, 0.15) is 6.29 Å². The van der Waals surface area contributed by atoms with Crippen molar-refractivity contribution in [1.82, 2.24) is 10.3 Å². The average Bonchev–Trinajstić information content (AvgIpc) is 3.08. The third-order valence-corrected chi connectivity index (χ3v) is 4.96. The lowest BCUT2D eigenvalue weighted by atomic mass is 10.1. The van der Waals surface area contributed by atoms with Crippen molar-refractivity contribution in [3.63, 3.8) is 0 Å². The number of aromatic nitrogens is 1. The molecule has 1 aromatic heterocycles. The number of benzene rings is 1. The van der Waals surface area contributed by atoms with E-state index in [1.54, 1.807) is 0 Å². The van der Waals surface area contributed by atoms with E-state index in [1.807, 2.05) is 45.0 Å². The van der Waals surface area contributed by atoms with Crippen LogP contribution in [-0.2, 0) is 27.2 Å². The van der Waals surface area contributed by atoms with Crippen LogP contribution in [0.4, 0.5) is 10.8 Å². The normalized spacial score (nSPS) is 9.76. The van der Waals surface area contributed by atoms with Crippen LogP contribution in [0.15, 0.2) is 24.3 Å². The number of aldehydes is 1. The summed E-state index contributed by atoms with van der Waals surface area (Å²) in [4.78, 5) is 36.1. The maximum atomic E-state index is 11.0. The van der Waals surface area contributed by atoms with Gasteiger partial charge in [-0.1, -0.05) is 32.4 Å². The number of anilines is 2. The minimum Gasteiger partial charge on any atom is -0.399 e. The van der Waals surface area contributed by atoms with Gasteiger partial charge >= 0.3 is 0 Å². The second-order valence-corrected chi connectivity index (χ2v) is 8.98. The number of rotatable bonds is 11. The number of thiazole rings is 1. The Morgan fingerprint density at radius 2 is 1.76 bits per heavy atom. The Labute approximate surface area is 201 Å². The van der Waals surface area contributed by atoms with Crippen molar-refractivity contribution in [3.05, 3.63) is 40.4 Å². The number of nitrogens with one attached hydrogen (secondary N) is 2. The van der Waals surface area contributed by atoms with Gasteiger partial charge in [-0.05, 0) is 56.3 Å². The maximum Gasteiger partial charge on any atom is 0.223 e. The molecule has 2 rings (SSSR count). The first kappa shape index (κ1) is 30.2. The van der Waals surface area contributed by atoms with Crippen molar-refractivity contribution in [2.45, 2.75) is 72.3 Å².